The van der Waals surface area contributed by atoms with Crippen molar-refractivity contribution in [3.63, 3.8) is 0 Å². The fraction of sp³-hybridized carbons (Fsp3) is 0.400. The first-order valence-corrected chi connectivity index (χ1v) is 12.7. The molecule has 1 N–H and O–H groups in total. The minimum Gasteiger partial charge on any atom is -0.376 e. The first kappa shape index (κ1) is 24.7. The molecule has 0 spiro atoms. The second-order valence-electron chi connectivity index (χ2n) is 8.77. The molecule has 2 heterocycles. The zero-order chi connectivity index (χ0) is 24.2. The van der Waals surface area contributed by atoms with Crippen LogP contribution < -0.4 is 10.9 Å². The van der Waals surface area contributed by atoms with Crippen molar-refractivity contribution in [1.29, 1.82) is 0 Å². The van der Waals surface area contributed by atoms with E-state index in [9.17, 15) is 14.0 Å². The number of aromatic nitrogens is 2. The molecule has 1 aromatic heterocycles. The quantitative estimate of drug-likeness (QED) is 0.344. The Balaban J connectivity index is 1.71. The zero-order valence-electron chi connectivity index (χ0n) is 19.1. The fourth-order valence-corrected chi connectivity index (χ4v) is 5.16. The third-order valence-corrected chi connectivity index (χ3v) is 7.03. The van der Waals surface area contributed by atoms with Crippen molar-refractivity contribution in [3.05, 3.63) is 68.7 Å². The van der Waals surface area contributed by atoms with Crippen molar-refractivity contribution < 1.29 is 13.9 Å². The maximum atomic E-state index is 14.3. The topological polar surface area (TPSA) is 73.2 Å². The van der Waals surface area contributed by atoms with E-state index in [2.05, 4.69) is 5.32 Å². The lowest BCUT2D eigenvalue weighted by Gasteiger charge is -2.17. The van der Waals surface area contributed by atoms with Crippen LogP contribution in [0.5, 0.6) is 0 Å². The average molecular weight is 504 g/mol. The molecule has 1 aliphatic rings. The van der Waals surface area contributed by atoms with E-state index >= 15 is 0 Å². The van der Waals surface area contributed by atoms with Gasteiger partial charge in [0.25, 0.3) is 11.5 Å². The minimum atomic E-state index is -0.405. The maximum absolute atomic E-state index is 14.3. The van der Waals surface area contributed by atoms with Crippen LogP contribution in [0.15, 0.2) is 46.3 Å². The number of benzene rings is 2. The summed E-state index contributed by atoms with van der Waals surface area (Å²) < 4.78 is 21.7. The molecule has 1 atom stereocenters. The minimum absolute atomic E-state index is 0.0746. The molecule has 1 amide bonds. The number of hydrogen-bond acceptors (Lipinski definition) is 5. The maximum Gasteiger partial charge on any atom is 0.262 e. The van der Waals surface area contributed by atoms with Crippen molar-refractivity contribution >= 4 is 40.2 Å². The van der Waals surface area contributed by atoms with Gasteiger partial charge in [0.2, 0.25) is 0 Å². The molecule has 180 valence electrons. The van der Waals surface area contributed by atoms with Gasteiger partial charge in [0.05, 0.1) is 23.6 Å². The number of thioether (sulfide) groups is 1. The lowest BCUT2D eigenvalue weighted by molar-refractivity contribution is 0.0937. The number of halogens is 2. The molecule has 1 aliphatic heterocycles. The molecule has 6 nitrogen and oxygen atoms in total. The van der Waals surface area contributed by atoms with Crippen molar-refractivity contribution in [2.45, 2.75) is 50.2 Å². The lowest BCUT2D eigenvalue weighted by atomic mass is 10.1. The van der Waals surface area contributed by atoms with E-state index in [4.69, 9.17) is 21.3 Å². The SMILES string of the molecule is CC(C)CNC(=O)c1ccc2c(=O)n(C[C@H]3CCCO3)c(SCc3c(F)cccc3Cl)nc2c1. The summed E-state index contributed by atoms with van der Waals surface area (Å²) in [6, 6.07) is 9.46. The van der Waals surface area contributed by atoms with Crippen LogP contribution in [0.2, 0.25) is 5.02 Å². The van der Waals surface area contributed by atoms with E-state index in [1.54, 1.807) is 34.9 Å². The summed E-state index contributed by atoms with van der Waals surface area (Å²) in [5.74, 6) is -0.0873. The van der Waals surface area contributed by atoms with Crippen molar-refractivity contribution in [2.75, 3.05) is 13.2 Å². The van der Waals surface area contributed by atoms with Gasteiger partial charge in [-0.25, -0.2) is 9.37 Å². The lowest BCUT2D eigenvalue weighted by Crippen LogP contribution is -2.29. The molecule has 2 aromatic carbocycles. The second kappa shape index (κ2) is 10.9. The third kappa shape index (κ3) is 5.62. The molecule has 9 heteroatoms. The first-order chi connectivity index (χ1) is 16.3. The second-order valence-corrected chi connectivity index (χ2v) is 10.1. The molecule has 1 saturated heterocycles. The van der Waals surface area contributed by atoms with Gasteiger partial charge in [0.1, 0.15) is 5.82 Å². The van der Waals surface area contributed by atoms with Crippen LogP contribution in [0.1, 0.15) is 42.6 Å². The fourth-order valence-electron chi connectivity index (χ4n) is 3.81. The van der Waals surface area contributed by atoms with E-state index in [1.807, 2.05) is 13.8 Å². The number of hydrogen-bond donors (Lipinski definition) is 1. The highest BCUT2D eigenvalue weighted by atomic mass is 35.5. The van der Waals surface area contributed by atoms with Gasteiger partial charge in [-0.2, -0.15) is 0 Å². The molecule has 0 radical (unpaired) electrons. The summed E-state index contributed by atoms with van der Waals surface area (Å²) in [6.07, 6.45) is 1.74. The van der Waals surface area contributed by atoms with Gasteiger partial charge < -0.3 is 10.1 Å². The Morgan fingerprint density at radius 1 is 1.35 bits per heavy atom. The molecule has 0 saturated carbocycles. The molecule has 0 unspecified atom stereocenters. The van der Waals surface area contributed by atoms with E-state index in [0.29, 0.717) is 57.8 Å². The largest absolute Gasteiger partial charge is 0.376 e. The predicted octanol–water partition coefficient (Wildman–Crippen LogP) is 5.05. The number of carbonyl (C=O) groups is 1. The summed E-state index contributed by atoms with van der Waals surface area (Å²) in [7, 11) is 0. The summed E-state index contributed by atoms with van der Waals surface area (Å²) in [5.41, 5.74) is 1.00. The van der Waals surface area contributed by atoms with Gasteiger partial charge in [-0.3, -0.25) is 14.2 Å². The third-order valence-electron chi connectivity index (χ3n) is 5.67. The van der Waals surface area contributed by atoms with Crippen molar-refractivity contribution in [2.24, 2.45) is 5.92 Å². The molecule has 0 bridgehead atoms. The molecule has 34 heavy (non-hydrogen) atoms. The van der Waals surface area contributed by atoms with E-state index in [-0.39, 0.29) is 23.3 Å². The van der Waals surface area contributed by atoms with Crippen molar-refractivity contribution in [3.8, 4) is 0 Å². The van der Waals surface area contributed by atoms with Gasteiger partial charge in [-0.15, -0.1) is 0 Å². The number of carbonyl (C=O) groups excluding carboxylic acids is 1. The Kier molecular flexibility index (Phi) is 7.91. The summed E-state index contributed by atoms with van der Waals surface area (Å²) in [6.45, 7) is 5.63. The number of fused-ring (bicyclic) bond motifs is 1. The van der Waals surface area contributed by atoms with E-state index in [1.165, 1.54) is 17.8 Å². The van der Waals surface area contributed by atoms with Gasteiger partial charge in [-0.05, 0) is 49.1 Å². The Morgan fingerprint density at radius 2 is 2.18 bits per heavy atom. The molecular formula is C25H27ClFN3O3S. The Morgan fingerprint density at radius 3 is 2.88 bits per heavy atom. The molecule has 3 aromatic rings. The average Bonchev–Trinajstić information content (AvgIpc) is 3.32. The summed E-state index contributed by atoms with van der Waals surface area (Å²) >= 11 is 7.44. The number of ether oxygens (including phenoxy) is 1. The first-order valence-electron chi connectivity index (χ1n) is 11.3. The highest BCUT2D eigenvalue weighted by Crippen LogP contribution is 2.29. The highest BCUT2D eigenvalue weighted by Gasteiger charge is 2.21. The summed E-state index contributed by atoms with van der Waals surface area (Å²) in [4.78, 5) is 30.7. The van der Waals surface area contributed by atoms with Gasteiger partial charge in [0, 0.05) is 35.1 Å². The normalized spacial score (nSPS) is 15.9. The Bertz CT molecular complexity index is 1240. The van der Waals surface area contributed by atoms with Crippen LogP contribution >= 0.6 is 23.4 Å². The van der Waals surface area contributed by atoms with E-state index < -0.39 is 5.82 Å². The van der Waals surface area contributed by atoms with Crippen LogP contribution in [0.3, 0.4) is 0 Å². The Labute approximate surface area is 206 Å². The number of nitrogens with one attached hydrogen (secondary N) is 1. The summed E-state index contributed by atoms with van der Waals surface area (Å²) in [5, 5.41) is 4.07. The van der Waals surface area contributed by atoms with Crippen LogP contribution in [0.4, 0.5) is 4.39 Å². The highest BCUT2D eigenvalue weighted by molar-refractivity contribution is 7.98. The van der Waals surface area contributed by atoms with Crippen LogP contribution in [0, 0.1) is 11.7 Å². The van der Waals surface area contributed by atoms with Crippen LogP contribution in [0.25, 0.3) is 10.9 Å². The molecular weight excluding hydrogens is 477 g/mol. The van der Waals surface area contributed by atoms with Crippen molar-refractivity contribution in [1.82, 2.24) is 14.9 Å². The van der Waals surface area contributed by atoms with E-state index in [0.717, 1.165) is 12.8 Å². The van der Waals surface area contributed by atoms with Crippen LogP contribution in [-0.4, -0.2) is 34.7 Å². The van der Waals surface area contributed by atoms with Gasteiger partial charge in [0.15, 0.2) is 5.16 Å². The monoisotopic (exact) mass is 503 g/mol. The molecule has 4 rings (SSSR count). The predicted molar refractivity (Wildman–Crippen MR) is 133 cm³/mol. The number of amides is 1. The van der Waals surface area contributed by atoms with Crippen LogP contribution in [-0.2, 0) is 17.0 Å². The molecule has 1 fully saturated rings. The van der Waals surface area contributed by atoms with Gasteiger partial charge in [-0.1, -0.05) is 43.3 Å². The smallest absolute Gasteiger partial charge is 0.262 e. The number of nitrogens with zero attached hydrogens (tertiary/aromatic N) is 2. The zero-order valence-corrected chi connectivity index (χ0v) is 20.7. The standard InChI is InChI=1S/C25H27ClFN3O3S/c1-15(2)12-28-23(31)16-8-9-18-22(11-16)29-25(30(24(18)32)13-17-5-4-10-33-17)34-14-19-20(26)6-3-7-21(19)27/h3,6-9,11,15,17H,4-5,10,12-14H2,1-2H3,(H,28,31)/t17-/m1/s1. The van der Waals surface area contributed by atoms with Gasteiger partial charge >= 0.3 is 0 Å². The number of rotatable bonds is 8. The molecule has 0 aliphatic carbocycles. The Hall–Kier alpha value is -2.42.